The number of anilines is 1. The normalized spacial score (nSPS) is 12.6. The second-order valence-corrected chi connectivity index (χ2v) is 3.36. The van der Waals surface area contributed by atoms with Gasteiger partial charge < -0.3 is 16.2 Å². The van der Waals surface area contributed by atoms with Crippen LogP contribution >= 0.6 is 11.6 Å². The molecule has 1 unspecified atom stereocenters. The monoisotopic (exact) mass is 218 g/mol. The van der Waals surface area contributed by atoms with E-state index in [0.29, 0.717) is 12.2 Å². The minimum absolute atomic E-state index is 0.0626. The Morgan fingerprint density at radius 1 is 1.57 bits per heavy atom. The molecule has 0 spiro atoms. The fraction of sp³-hybridized carbons (Fsp3) is 0.333. The van der Waals surface area contributed by atoms with Crippen molar-refractivity contribution in [2.75, 3.05) is 18.5 Å². The lowest BCUT2D eigenvalue weighted by atomic mass is 10.3. The molecule has 0 aliphatic heterocycles. The van der Waals surface area contributed by atoms with E-state index in [4.69, 9.17) is 22.4 Å². The summed E-state index contributed by atoms with van der Waals surface area (Å²) in [6, 6.07) is 3.97. The van der Waals surface area contributed by atoms with Crippen molar-refractivity contribution in [1.82, 2.24) is 0 Å². The average molecular weight is 219 g/mol. The molecule has 0 saturated carbocycles. The lowest BCUT2D eigenvalue weighted by Crippen LogP contribution is -2.32. The molecule has 78 valence electrons. The largest absolute Gasteiger partial charge is 0.395 e. The first-order valence-electron chi connectivity index (χ1n) is 4.19. The van der Waals surface area contributed by atoms with E-state index in [1.165, 1.54) is 12.1 Å². The third-order valence-electron chi connectivity index (χ3n) is 1.72. The van der Waals surface area contributed by atoms with E-state index < -0.39 is 5.82 Å². The molecule has 0 aliphatic carbocycles. The number of aliphatic hydroxyl groups excluding tert-OH is 1. The van der Waals surface area contributed by atoms with Gasteiger partial charge in [0.05, 0.1) is 11.6 Å². The number of hydrogen-bond acceptors (Lipinski definition) is 3. The van der Waals surface area contributed by atoms with Gasteiger partial charge in [0.1, 0.15) is 5.82 Å². The average Bonchev–Trinajstić information content (AvgIpc) is 2.19. The van der Waals surface area contributed by atoms with Gasteiger partial charge in [0.2, 0.25) is 0 Å². The Morgan fingerprint density at radius 2 is 2.29 bits per heavy atom. The van der Waals surface area contributed by atoms with Crippen molar-refractivity contribution in [2.24, 2.45) is 5.73 Å². The summed E-state index contributed by atoms with van der Waals surface area (Å²) in [5, 5.41) is 11.7. The SMILES string of the molecule is NC(CO)CNc1ccc(F)c(Cl)c1. The first kappa shape index (κ1) is 11.2. The summed E-state index contributed by atoms with van der Waals surface area (Å²) in [4.78, 5) is 0. The summed E-state index contributed by atoms with van der Waals surface area (Å²) in [5.74, 6) is -0.455. The molecule has 0 heterocycles. The van der Waals surface area contributed by atoms with E-state index in [1.54, 1.807) is 6.07 Å². The second kappa shape index (κ2) is 5.14. The van der Waals surface area contributed by atoms with E-state index >= 15 is 0 Å². The van der Waals surface area contributed by atoms with Crippen LogP contribution in [0.1, 0.15) is 0 Å². The smallest absolute Gasteiger partial charge is 0.141 e. The Kier molecular flexibility index (Phi) is 4.13. The number of halogens is 2. The summed E-state index contributed by atoms with van der Waals surface area (Å²) in [5.41, 5.74) is 6.15. The molecule has 0 amide bonds. The van der Waals surface area contributed by atoms with Gasteiger partial charge in [-0.15, -0.1) is 0 Å². The first-order chi connectivity index (χ1) is 6.63. The third kappa shape index (κ3) is 3.14. The van der Waals surface area contributed by atoms with E-state index in [-0.39, 0.29) is 17.7 Å². The van der Waals surface area contributed by atoms with Crippen molar-refractivity contribution in [3.63, 3.8) is 0 Å². The first-order valence-corrected chi connectivity index (χ1v) is 4.56. The van der Waals surface area contributed by atoms with Gasteiger partial charge in [0.15, 0.2) is 0 Å². The molecule has 1 aromatic rings. The molecule has 0 fully saturated rings. The summed E-state index contributed by atoms with van der Waals surface area (Å²) in [6.45, 7) is 0.320. The van der Waals surface area contributed by atoms with Crippen molar-refractivity contribution in [3.8, 4) is 0 Å². The zero-order chi connectivity index (χ0) is 10.6. The molecule has 0 radical (unpaired) electrons. The van der Waals surface area contributed by atoms with Crippen LogP contribution in [-0.4, -0.2) is 24.3 Å². The zero-order valence-corrected chi connectivity index (χ0v) is 8.26. The number of aliphatic hydroxyl groups is 1. The van der Waals surface area contributed by atoms with Gasteiger partial charge >= 0.3 is 0 Å². The van der Waals surface area contributed by atoms with E-state index in [0.717, 1.165) is 0 Å². The van der Waals surface area contributed by atoms with Crippen LogP contribution < -0.4 is 11.1 Å². The predicted octanol–water partition coefficient (Wildman–Crippen LogP) is 1.21. The van der Waals surface area contributed by atoms with Crippen LogP contribution in [0.2, 0.25) is 5.02 Å². The molecule has 14 heavy (non-hydrogen) atoms. The minimum atomic E-state index is -0.455. The Balaban J connectivity index is 2.55. The van der Waals surface area contributed by atoms with E-state index in [2.05, 4.69) is 5.32 Å². The fourth-order valence-corrected chi connectivity index (χ4v) is 1.10. The van der Waals surface area contributed by atoms with E-state index in [1.807, 2.05) is 0 Å². The third-order valence-corrected chi connectivity index (χ3v) is 2.01. The van der Waals surface area contributed by atoms with Crippen molar-refractivity contribution in [3.05, 3.63) is 29.0 Å². The van der Waals surface area contributed by atoms with Crippen molar-refractivity contribution in [2.45, 2.75) is 6.04 Å². The van der Waals surface area contributed by atoms with Gasteiger partial charge in [0.25, 0.3) is 0 Å². The molecule has 0 bridgehead atoms. The highest BCUT2D eigenvalue weighted by molar-refractivity contribution is 6.31. The van der Waals surface area contributed by atoms with Gasteiger partial charge in [-0.25, -0.2) is 4.39 Å². The zero-order valence-electron chi connectivity index (χ0n) is 7.50. The quantitative estimate of drug-likeness (QED) is 0.712. The molecular weight excluding hydrogens is 207 g/mol. The van der Waals surface area contributed by atoms with Crippen molar-refractivity contribution in [1.29, 1.82) is 0 Å². The lowest BCUT2D eigenvalue weighted by Gasteiger charge is -2.11. The van der Waals surface area contributed by atoms with Gasteiger partial charge in [-0.1, -0.05) is 11.6 Å². The molecule has 1 aromatic carbocycles. The molecule has 1 atom stereocenters. The minimum Gasteiger partial charge on any atom is -0.395 e. The molecule has 4 N–H and O–H groups in total. The Morgan fingerprint density at radius 3 is 2.86 bits per heavy atom. The summed E-state index contributed by atoms with van der Waals surface area (Å²) in [6.07, 6.45) is 0. The van der Waals surface area contributed by atoms with E-state index in [9.17, 15) is 4.39 Å². The van der Waals surface area contributed by atoms with Crippen LogP contribution in [0.4, 0.5) is 10.1 Å². The molecule has 5 heteroatoms. The van der Waals surface area contributed by atoms with Crippen LogP contribution in [0, 0.1) is 5.82 Å². The second-order valence-electron chi connectivity index (χ2n) is 2.95. The van der Waals surface area contributed by atoms with Crippen LogP contribution in [0.5, 0.6) is 0 Å². The fourth-order valence-electron chi connectivity index (χ4n) is 0.920. The van der Waals surface area contributed by atoms with Gasteiger partial charge in [-0.05, 0) is 18.2 Å². The Labute approximate surface area is 86.7 Å². The number of nitrogens with one attached hydrogen (secondary N) is 1. The van der Waals surface area contributed by atoms with Crippen LogP contribution in [0.3, 0.4) is 0 Å². The maximum absolute atomic E-state index is 12.7. The topological polar surface area (TPSA) is 58.3 Å². The van der Waals surface area contributed by atoms with Gasteiger partial charge in [-0.3, -0.25) is 0 Å². The molecule has 0 aliphatic rings. The Hall–Kier alpha value is -0.840. The highest BCUT2D eigenvalue weighted by Crippen LogP contribution is 2.18. The van der Waals surface area contributed by atoms with Gasteiger partial charge in [-0.2, -0.15) is 0 Å². The number of hydrogen-bond donors (Lipinski definition) is 3. The molecule has 0 aromatic heterocycles. The molecule has 3 nitrogen and oxygen atoms in total. The molecular formula is C9H12ClFN2O. The number of rotatable bonds is 4. The number of nitrogens with two attached hydrogens (primary N) is 1. The highest BCUT2D eigenvalue weighted by Gasteiger charge is 2.02. The van der Waals surface area contributed by atoms with Crippen LogP contribution in [0.15, 0.2) is 18.2 Å². The van der Waals surface area contributed by atoms with Crippen molar-refractivity contribution >= 4 is 17.3 Å². The highest BCUT2D eigenvalue weighted by atomic mass is 35.5. The summed E-state index contributed by atoms with van der Waals surface area (Å²) < 4.78 is 12.7. The van der Waals surface area contributed by atoms with Crippen molar-refractivity contribution < 1.29 is 9.50 Å². The predicted molar refractivity (Wildman–Crippen MR) is 55.0 cm³/mol. The van der Waals surface area contributed by atoms with Crippen LogP contribution in [-0.2, 0) is 0 Å². The number of benzene rings is 1. The standard InChI is InChI=1S/C9H12ClFN2O/c10-8-3-7(1-2-9(8)11)13-4-6(12)5-14/h1-3,6,13-14H,4-5,12H2. The van der Waals surface area contributed by atoms with Crippen LogP contribution in [0.25, 0.3) is 0 Å². The summed E-state index contributed by atoms with van der Waals surface area (Å²) >= 11 is 5.57. The summed E-state index contributed by atoms with van der Waals surface area (Å²) in [7, 11) is 0. The lowest BCUT2D eigenvalue weighted by molar-refractivity contribution is 0.270. The molecule has 0 saturated heterocycles. The Bertz CT molecular complexity index is 309. The van der Waals surface area contributed by atoms with Gasteiger partial charge in [0, 0.05) is 18.3 Å². The maximum Gasteiger partial charge on any atom is 0.141 e. The maximum atomic E-state index is 12.7. The molecule has 1 rings (SSSR count).